The first-order chi connectivity index (χ1) is 9.28. The topological polar surface area (TPSA) is 23.6 Å². The van der Waals surface area contributed by atoms with Crippen LogP contribution in [-0.2, 0) is 11.2 Å². The van der Waals surface area contributed by atoms with Gasteiger partial charge in [0, 0.05) is 37.8 Å². The van der Waals surface area contributed by atoms with E-state index in [1.165, 1.54) is 11.3 Å². The molecule has 0 bridgehead atoms. The minimum Gasteiger partial charge on any atom is -0.368 e. The Morgan fingerprint density at radius 2 is 1.74 bits per heavy atom. The number of rotatable bonds is 3. The van der Waals surface area contributed by atoms with Gasteiger partial charge in [0.2, 0.25) is 5.91 Å². The van der Waals surface area contributed by atoms with Gasteiger partial charge in [-0.05, 0) is 37.0 Å². The van der Waals surface area contributed by atoms with Gasteiger partial charge in [-0.2, -0.15) is 0 Å². The summed E-state index contributed by atoms with van der Waals surface area (Å²) in [4.78, 5) is 16.4. The number of benzene rings is 1. The molecule has 3 rings (SSSR count). The van der Waals surface area contributed by atoms with Crippen molar-refractivity contribution < 1.29 is 4.79 Å². The second-order valence-corrected chi connectivity index (χ2v) is 5.61. The molecule has 19 heavy (non-hydrogen) atoms. The van der Waals surface area contributed by atoms with E-state index in [1.54, 1.807) is 0 Å². The Morgan fingerprint density at radius 1 is 1.11 bits per heavy atom. The summed E-state index contributed by atoms with van der Waals surface area (Å²) in [6.45, 7) is 5.86. The van der Waals surface area contributed by atoms with E-state index in [1.807, 2.05) is 0 Å². The van der Waals surface area contributed by atoms with Crippen molar-refractivity contribution in [2.24, 2.45) is 5.92 Å². The van der Waals surface area contributed by atoms with Crippen molar-refractivity contribution in [3.8, 4) is 0 Å². The van der Waals surface area contributed by atoms with E-state index in [4.69, 9.17) is 0 Å². The highest BCUT2D eigenvalue weighted by Crippen LogP contribution is 2.31. The van der Waals surface area contributed by atoms with Crippen LogP contribution in [0, 0.1) is 5.92 Å². The summed E-state index contributed by atoms with van der Waals surface area (Å²) in [6.07, 6.45) is 3.30. The van der Waals surface area contributed by atoms with E-state index < -0.39 is 0 Å². The van der Waals surface area contributed by atoms with Gasteiger partial charge >= 0.3 is 0 Å². The lowest BCUT2D eigenvalue weighted by Gasteiger charge is -2.36. The fourth-order valence-corrected chi connectivity index (χ4v) is 2.72. The Bertz CT molecular complexity index is 442. The number of nitrogens with zero attached hydrogens (tertiary/aromatic N) is 2. The largest absolute Gasteiger partial charge is 0.368 e. The van der Waals surface area contributed by atoms with Gasteiger partial charge in [0.05, 0.1) is 0 Å². The minimum atomic E-state index is 0.357. The third-order valence-electron chi connectivity index (χ3n) is 4.23. The van der Waals surface area contributed by atoms with Crippen LogP contribution in [0.1, 0.15) is 25.3 Å². The SMILES string of the molecule is CCc1ccc(N2CCN(C(=O)C3CC3)CC2)cc1. The lowest BCUT2D eigenvalue weighted by molar-refractivity contribution is -0.132. The van der Waals surface area contributed by atoms with E-state index in [0.717, 1.165) is 45.4 Å². The predicted molar refractivity (Wildman–Crippen MR) is 77.3 cm³/mol. The van der Waals surface area contributed by atoms with E-state index in [9.17, 15) is 4.79 Å². The molecule has 1 aromatic rings. The summed E-state index contributed by atoms with van der Waals surface area (Å²) in [5, 5.41) is 0. The summed E-state index contributed by atoms with van der Waals surface area (Å²) in [5.41, 5.74) is 2.67. The van der Waals surface area contributed by atoms with Gasteiger partial charge < -0.3 is 9.80 Å². The van der Waals surface area contributed by atoms with Crippen LogP contribution in [-0.4, -0.2) is 37.0 Å². The van der Waals surface area contributed by atoms with Crippen molar-refractivity contribution in [1.82, 2.24) is 4.90 Å². The molecule has 1 amide bonds. The van der Waals surface area contributed by atoms with E-state index in [2.05, 4.69) is 41.0 Å². The average Bonchev–Trinajstić information content (AvgIpc) is 3.31. The van der Waals surface area contributed by atoms with Crippen LogP contribution in [0.3, 0.4) is 0 Å². The monoisotopic (exact) mass is 258 g/mol. The Morgan fingerprint density at radius 3 is 2.26 bits per heavy atom. The molecule has 1 saturated heterocycles. The van der Waals surface area contributed by atoms with Gasteiger partial charge in [0.25, 0.3) is 0 Å². The van der Waals surface area contributed by atoms with E-state index in [0.29, 0.717) is 11.8 Å². The third-order valence-corrected chi connectivity index (χ3v) is 4.23. The fourth-order valence-electron chi connectivity index (χ4n) is 2.72. The van der Waals surface area contributed by atoms with Crippen LogP contribution in [0.4, 0.5) is 5.69 Å². The summed E-state index contributed by atoms with van der Waals surface area (Å²) in [6, 6.07) is 8.82. The van der Waals surface area contributed by atoms with Crippen LogP contribution in [0.2, 0.25) is 0 Å². The molecule has 1 heterocycles. The molecule has 3 nitrogen and oxygen atoms in total. The molecule has 1 aliphatic heterocycles. The van der Waals surface area contributed by atoms with Crippen LogP contribution < -0.4 is 4.90 Å². The van der Waals surface area contributed by atoms with Crippen molar-refractivity contribution in [3.63, 3.8) is 0 Å². The lowest BCUT2D eigenvalue weighted by atomic mass is 10.1. The number of amides is 1. The predicted octanol–water partition coefficient (Wildman–Crippen LogP) is 2.31. The highest BCUT2D eigenvalue weighted by Gasteiger charge is 2.34. The van der Waals surface area contributed by atoms with Gasteiger partial charge in [0.1, 0.15) is 0 Å². The molecule has 102 valence electrons. The fraction of sp³-hybridized carbons (Fsp3) is 0.562. The van der Waals surface area contributed by atoms with Crippen LogP contribution in [0.5, 0.6) is 0 Å². The quantitative estimate of drug-likeness (QED) is 0.830. The van der Waals surface area contributed by atoms with Crippen molar-refractivity contribution in [2.45, 2.75) is 26.2 Å². The van der Waals surface area contributed by atoms with Gasteiger partial charge in [-0.1, -0.05) is 19.1 Å². The zero-order valence-corrected chi connectivity index (χ0v) is 11.6. The molecule has 0 atom stereocenters. The number of carbonyl (C=O) groups excluding carboxylic acids is 1. The normalized spacial score (nSPS) is 19.6. The van der Waals surface area contributed by atoms with E-state index in [-0.39, 0.29) is 0 Å². The maximum absolute atomic E-state index is 12.0. The molecule has 1 saturated carbocycles. The van der Waals surface area contributed by atoms with Gasteiger partial charge in [-0.3, -0.25) is 4.79 Å². The van der Waals surface area contributed by atoms with Gasteiger partial charge in [-0.15, -0.1) is 0 Å². The molecule has 0 aromatic heterocycles. The molecule has 2 aliphatic rings. The smallest absolute Gasteiger partial charge is 0.225 e. The first-order valence-electron chi connectivity index (χ1n) is 7.40. The molecule has 0 unspecified atom stereocenters. The van der Waals surface area contributed by atoms with Crippen molar-refractivity contribution in [3.05, 3.63) is 29.8 Å². The summed E-state index contributed by atoms with van der Waals surface area (Å²) < 4.78 is 0. The highest BCUT2D eigenvalue weighted by molar-refractivity contribution is 5.81. The molecule has 0 N–H and O–H groups in total. The van der Waals surface area contributed by atoms with Crippen molar-refractivity contribution >= 4 is 11.6 Å². The second-order valence-electron chi connectivity index (χ2n) is 5.61. The summed E-state index contributed by atoms with van der Waals surface area (Å²) in [7, 11) is 0. The Balaban J connectivity index is 1.58. The molecule has 2 fully saturated rings. The zero-order chi connectivity index (χ0) is 13.2. The number of piperazine rings is 1. The standard InChI is InChI=1S/C16H22N2O/c1-2-13-3-7-15(8-4-13)17-9-11-18(12-10-17)16(19)14-5-6-14/h3-4,7-8,14H,2,5-6,9-12H2,1H3. The van der Waals surface area contributed by atoms with E-state index >= 15 is 0 Å². The number of anilines is 1. The van der Waals surface area contributed by atoms with Crippen LogP contribution >= 0.6 is 0 Å². The lowest BCUT2D eigenvalue weighted by Crippen LogP contribution is -2.49. The third kappa shape index (κ3) is 2.75. The summed E-state index contributed by atoms with van der Waals surface area (Å²) >= 11 is 0. The molecule has 0 spiro atoms. The molecule has 1 aliphatic carbocycles. The maximum Gasteiger partial charge on any atom is 0.225 e. The van der Waals surface area contributed by atoms with Crippen LogP contribution in [0.15, 0.2) is 24.3 Å². The Kier molecular flexibility index (Phi) is 3.45. The van der Waals surface area contributed by atoms with Gasteiger partial charge in [-0.25, -0.2) is 0 Å². The van der Waals surface area contributed by atoms with Gasteiger partial charge in [0.15, 0.2) is 0 Å². The van der Waals surface area contributed by atoms with Crippen molar-refractivity contribution in [2.75, 3.05) is 31.1 Å². The minimum absolute atomic E-state index is 0.357. The maximum atomic E-state index is 12.0. The average molecular weight is 258 g/mol. The first-order valence-corrected chi connectivity index (χ1v) is 7.40. The molecule has 0 radical (unpaired) electrons. The molecular weight excluding hydrogens is 236 g/mol. The highest BCUT2D eigenvalue weighted by atomic mass is 16.2. The van der Waals surface area contributed by atoms with Crippen molar-refractivity contribution in [1.29, 1.82) is 0 Å². The zero-order valence-electron chi connectivity index (χ0n) is 11.6. The number of hydrogen-bond donors (Lipinski definition) is 0. The Hall–Kier alpha value is -1.51. The number of hydrogen-bond acceptors (Lipinski definition) is 2. The molecule has 1 aromatic carbocycles. The molecule has 3 heteroatoms. The second kappa shape index (κ2) is 5.24. The van der Waals surface area contributed by atoms with Crippen LogP contribution in [0.25, 0.3) is 0 Å². The Labute approximate surface area is 115 Å². The molecular formula is C16H22N2O. The summed E-state index contributed by atoms with van der Waals surface area (Å²) in [5.74, 6) is 0.747. The number of carbonyl (C=O) groups is 1. The number of aryl methyl sites for hydroxylation is 1. The first kappa shape index (κ1) is 12.5.